The summed E-state index contributed by atoms with van der Waals surface area (Å²) >= 11 is 0. The van der Waals surface area contributed by atoms with E-state index in [1.807, 2.05) is 48.3 Å². The molecule has 3 aromatic rings. The monoisotopic (exact) mass is 383 g/mol. The van der Waals surface area contributed by atoms with Gasteiger partial charge in [-0.1, -0.05) is 12.1 Å². The summed E-state index contributed by atoms with van der Waals surface area (Å²) in [6.07, 6.45) is 2.88. The Morgan fingerprint density at radius 2 is 1.85 bits per heavy atom. The van der Waals surface area contributed by atoms with Gasteiger partial charge in [-0.15, -0.1) is 0 Å². The van der Waals surface area contributed by atoms with E-state index in [0.717, 1.165) is 11.4 Å². The first-order valence-corrected chi connectivity index (χ1v) is 10.3. The van der Waals surface area contributed by atoms with Crippen LogP contribution in [0.2, 0.25) is 0 Å². The van der Waals surface area contributed by atoms with E-state index in [0.29, 0.717) is 23.0 Å². The fourth-order valence-electron chi connectivity index (χ4n) is 2.60. The van der Waals surface area contributed by atoms with E-state index in [4.69, 9.17) is 5.73 Å². The Morgan fingerprint density at radius 1 is 1.11 bits per heavy atom. The number of nitrogens with two attached hydrogens (primary N) is 1. The molecule has 0 atom stereocenters. The van der Waals surface area contributed by atoms with Crippen LogP contribution in [0.5, 0.6) is 0 Å². The van der Waals surface area contributed by atoms with Crippen molar-refractivity contribution in [2.45, 2.75) is 5.75 Å². The molecule has 27 heavy (non-hydrogen) atoms. The van der Waals surface area contributed by atoms with Gasteiger partial charge in [0, 0.05) is 36.6 Å². The highest BCUT2D eigenvalue weighted by Crippen LogP contribution is 2.24. The van der Waals surface area contributed by atoms with Crippen LogP contribution in [0.4, 0.5) is 28.8 Å². The molecule has 140 valence electrons. The van der Waals surface area contributed by atoms with Crippen molar-refractivity contribution in [3.8, 4) is 0 Å². The third-order valence-corrected chi connectivity index (χ3v) is 4.73. The summed E-state index contributed by atoms with van der Waals surface area (Å²) in [5, 5.41) is 3.12. The van der Waals surface area contributed by atoms with E-state index >= 15 is 0 Å². The van der Waals surface area contributed by atoms with Crippen molar-refractivity contribution < 1.29 is 8.42 Å². The molecule has 0 aliphatic heterocycles. The molecule has 1 heterocycles. The molecule has 3 rings (SSSR count). The second kappa shape index (κ2) is 7.63. The molecule has 1 aromatic heterocycles. The van der Waals surface area contributed by atoms with Crippen molar-refractivity contribution in [1.29, 1.82) is 0 Å². The van der Waals surface area contributed by atoms with E-state index in [1.165, 1.54) is 6.26 Å². The summed E-state index contributed by atoms with van der Waals surface area (Å²) < 4.78 is 23.0. The maximum atomic E-state index is 11.5. The average molecular weight is 383 g/mol. The first kappa shape index (κ1) is 18.7. The van der Waals surface area contributed by atoms with Crippen LogP contribution in [0.3, 0.4) is 0 Å². The fraction of sp³-hybridized carbons (Fsp3) is 0.158. The van der Waals surface area contributed by atoms with Gasteiger partial charge in [0.05, 0.1) is 5.75 Å². The molecule has 8 heteroatoms. The van der Waals surface area contributed by atoms with Crippen LogP contribution in [-0.4, -0.2) is 31.7 Å². The maximum Gasteiger partial charge on any atom is 0.229 e. The van der Waals surface area contributed by atoms with Gasteiger partial charge in [-0.2, -0.15) is 4.98 Å². The second-order valence-electron chi connectivity index (χ2n) is 6.28. The minimum absolute atomic E-state index is 0.0106. The lowest BCUT2D eigenvalue weighted by atomic mass is 10.2. The molecule has 0 bridgehead atoms. The zero-order valence-corrected chi connectivity index (χ0v) is 15.9. The number of rotatable bonds is 6. The van der Waals surface area contributed by atoms with Gasteiger partial charge in [0.1, 0.15) is 5.82 Å². The lowest BCUT2D eigenvalue weighted by Gasteiger charge is -2.19. The Kier molecular flexibility index (Phi) is 5.27. The van der Waals surface area contributed by atoms with Crippen LogP contribution in [-0.2, 0) is 15.6 Å². The van der Waals surface area contributed by atoms with E-state index < -0.39 is 9.84 Å². The predicted molar refractivity (Wildman–Crippen MR) is 109 cm³/mol. The highest BCUT2D eigenvalue weighted by Gasteiger charge is 2.09. The first-order chi connectivity index (χ1) is 12.8. The van der Waals surface area contributed by atoms with Crippen LogP contribution in [0.15, 0.2) is 60.8 Å². The summed E-state index contributed by atoms with van der Waals surface area (Å²) in [5.41, 5.74) is 8.81. The van der Waals surface area contributed by atoms with Crippen LogP contribution in [0.1, 0.15) is 5.56 Å². The predicted octanol–water partition coefficient (Wildman–Crippen LogP) is 3.11. The number of hydrogen-bond donors (Lipinski definition) is 2. The molecular weight excluding hydrogens is 362 g/mol. The Balaban J connectivity index is 1.80. The zero-order valence-electron chi connectivity index (χ0n) is 15.1. The molecule has 0 spiro atoms. The zero-order chi connectivity index (χ0) is 19.4. The lowest BCUT2D eigenvalue weighted by Crippen LogP contribution is -2.12. The van der Waals surface area contributed by atoms with Crippen molar-refractivity contribution in [2.75, 3.05) is 29.3 Å². The Morgan fingerprint density at radius 3 is 2.56 bits per heavy atom. The quantitative estimate of drug-likeness (QED) is 0.631. The van der Waals surface area contributed by atoms with Gasteiger partial charge in [0.15, 0.2) is 9.84 Å². The normalized spacial score (nSPS) is 11.2. The second-order valence-corrected chi connectivity index (χ2v) is 8.42. The Labute approximate surface area is 158 Å². The number of sulfone groups is 1. The fourth-order valence-corrected chi connectivity index (χ4v) is 3.38. The van der Waals surface area contributed by atoms with Gasteiger partial charge in [-0.05, 0) is 48.0 Å². The standard InChI is InChI=1S/C19H21N5O2S/c1-24(17-8-6-15(20)7-9-17)18-10-11-21-19(23-18)22-16-5-3-4-14(12-16)13-27(2,25)26/h3-12H,13,20H2,1-2H3,(H,21,22,23). The number of nitrogens with zero attached hydrogens (tertiary/aromatic N) is 3. The average Bonchev–Trinajstić information content (AvgIpc) is 2.61. The first-order valence-electron chi connectivity index (χ1n) is 8.26. The lowest BCUT2D eigenvalue weighted by molar-refractivity contribution is 0.601. The summed E-state index contributed by atoms with van der Waals surface area (Å²) in [6, 6.07) is 16.5. The molecule has 0 saturated carbocycles. The van der Waals surface area contributed by atoms with E-state index in [-0.39, 0.29) is 5.75 Å². The molecule has 0 fully saturated rings. The van der Waals surface area contributed by atoms with Crippen LogP contribution in [0.25, 0.3) is 0 Å². The SMILES string of the molecule is CN(c1ccc(N)cc1)c1ccnc(Nc2cccc(CS(C)(=O)=O)c2)n1. The minimum Gasteiger partial charge on any atom is -0.399 e. The number of aromatic nitrogens is 2. The topological polar surface area (TPSA) is 101 Å². The van der Waals surface area contributed by atoms with E-state index in [1.54, 1.807) is 24.4 Å². The van der Waals surface area contributed by atoms with Crippen molar-refractivity contribution in [1.82, 2.24) is 9.97 Å². The van der Waals surface area contributed by atoms with Crippen molar-refractivity contribution >= 4 is 38.7 Å². The molecular formula is C19H21N5O2S. The van der Waals surface area contributed by atoms with E-state index in [2.05, 4.69) is 15.3 Å². The number of nitrogen functional groups attached to an aromatic ring is 1. The largest absolute Gasteiger partial charge is 0.399 e. The third kappa shape index (κ3) is 5.18. The highest BCUT2D eigenvalue weighted by molar-refractivity contribution is 7.89. The van der Waals surface area contributed by atoms with Gasteiger partial charge < -0.3 is 16.0 Å². The highest BCUT2D eigenvalue weighted by atomic mass is 32.2. The summed E-state index contributed by atoms with van der Waals surface area (Å²) in [6.45, 7) is 0. The van der Waals surface area contributed by atoms with Crippen molar-refractivity contribution in [3.63, 3.8) is 0 Å². The van der Waals surface area contributed by atoms with Gasteiger partial charge in [-0.3, -0.25) is 0 Å². The van der Waals surface area contributed by atoms with E-state index in [9.17, 15) is 8.42 Å². The molecule has 0 aliphatic rings. The molecule has 0 unspecified atom stereocenters. The molecule has 0 aliphatic carbocycles. The van der Waals surface area contributed by atoms with Crippen LogP contribution < -0.4 is 16.0 Å². The molecule has 2 aromatic carbocycles. The van der Waals surface area contributed by atoms with Crippen LogP contribution >= 0.6 is 0 Å². The van der Waals surface area contributed by atoms with Crippen molar-refractivity contribution in [3.05, 3.63) is 66.4 Å². The molecule has 0 amide bonds. The number of anilines is 5. The molecule has 7 nitrogen and oxygen atoms in total. The number of nitrogens with one attached hydrogen (secondary N) is 1. The number of hydrogen-bond acceptors (Lipinski definition) is 7. The molecule has 3 N–H and O–H groups in total. The maximum absolute atomic E-state index is 11.5. The minimum atomic E-state index is -3.09. The van der Waals surface area contributed by atoms with Crippen LogP contribution in [0, 0.1) is 0 Å². The summed E-state index contributed by atoms with van der Waals surface area (Å²) in [5.74, 6) is 1.12. The Hall–Kier alpha value is -3.13. The van der Waals surface area contributed by atoms with Gasteiger partial charge in [0.25, 0.3) is 0 Å². The molecule has 0 radical (unpaired) electrons. The number of benzene rings is 2. The molecule has 0 saturated heterocycles. The van der Waals surface area contributed by atoms with Gasteiger partial charge in [0.2, 0.25) is 5.95 Å². The smallest absolute Gasteiger partial charge is 0.229 e. The van der Waals surface area contributed by atoms with Gasteiger partial charge >= 0.3 is 0 Å². The summed E-state index contributed by atoms with van der Waals surface area (Å²) in [7, 11) is -1.19. The van der Waals surface area contributed by atoms with Gasteiger partial charge in [-0.25, -0.2) is 13.4 Å². The third-order valence-electron chi connectivity index (χ3n) is 3.88. The Bertz CT molecular complexity index is 1040. The summed E-state index contributed by atoms with van der Waals surface area (Å²) in [4.78, 5) is 10.7. The van der Waals surface area contributed by atoms with Crippen molar-refractivity contribution in [2.24, 2.45) is 0 Å².